The van der Waals surface area contributed by atoms with E-state index in [1.807, 2.05) is 43.3 Å². The first-order chi connectivity index (χ1) is 48.7. The van der Waals surface area contributed by atoms with E-state index in [0.717, 1.165) is 15.8 Å². The van der Waals surface area contributed by atoms with Gasteiger partial charge < -0.3 is 131 Å². The second-order valence-corrected chi connectivity index (χ2v) is 25.5. The third kappa shape index (κ3) is 17.9. The van der Waals surface area contributed by atoms with Gasteiger partial charge in [-0.2, -0.15) is 0 Å². The van der Waals surface area contributed by atoms with E-state index in [1.165, 1.54) is 30.5 Å². The minimum absolute atomic E-state index is 0.0641. The van der Waals surface area contributed by atoms with Crippen molar-refractivity contribution in [1.29, 1.82) is 0 Å². The van der Waals surface area contributed by atoms with E-state index in [1.54, 1.807) is 43.3 Å². The molecule has 6 aliphatic rings. The number of hydrogen-bond donors (Lipinski definition) is 24. The van der Waals surface area contributed by atoms with Gasteiger partial charge >= 0.3 is 17.8 Å². The van der Waals surface area contributed by atoms with Gasteiger partial charge in [-0.15, -0.1) is 0 Å². The van der Waals surface area contributed by atoms with E-state index < -0.39 is 234 Å². The standard InChI is InChI=1S/C64H89N13O25/c1-27(30-7-5-4-6-8-30)41-57(94)70-33(19-29-11-15-32(16-12-29)98-61-52(91)49(88)54(39(26-81)101-61)102-62-51(90)48(87)53(38(25-80)100-62)97-18-17-28-9-13-31(14-10-28)76(2)3)56(93)74-42(44(83)34-20-68-63(65)72-34)59(96)75-43(58(95)71-35(23-78)55(92)67-22-40(82)73-41)45(84)36-21-69-64(66)77(36)60-50(89)47(86)46(85)37(24-79)99-60/h4-18,27,33-39,41-54,60-62,78-81,83-91H,19-26H2,1-3H3,(H11,65,66,67,68,69,70,71,72,73,74,75,82,92,93,94,95,96)/p+2/b18-17+/t27-,33-,34+,35?,36+,37+,38+,39-,41-,42+,43-,44-,45-,46+,47+,48-,49+,50+,51+,52-,53+,54+,60-,61-,62+/m1/s1. The van der Waals surface area contributed by atoms with E-state index in [0.29, 0.717) is 5.56 Å². The lowest BCUT2D eigenvalue weighted by Crippen LogP contribution is -2.80. The average molecular weight is 1440 g/mol. The van der Waals surface area contributed by atoms with Gasteiger partial charge in [0.15, 0.2) is 25.0 Å². The molecule has 25 atom stereocenters. The Kier molecular flexibility index (Phi) is 26.4. The second kappa shape index (κ2) is 34.6. The number of nitrogens with one attached hydrogen (secondary N) is 8. The zero-order valence-electron chi connectivity index (χ0n) is 55.5. The molecule has 3 fully saturated rings. The summed E-state index contributed by atoms with van der Waals surface area (Å²) in [6.07, 6.45) is -27.9. The number of aliphatic hydroxyl groups is 14. The number of ether oxygens (including phenoxy) is 6. The largest absolute Gasteiger partial charge is 0.858 e. The molecular weight excluding hydrogens is 1350 g/mol. The smallest absolute Gasteiger partial charge is 0.358 e. The molecule has 26 N–H and O–H groups in total. The van der Waals surface area contributed by atoms with Gasteiger partial charge in [-0.1, -0.05) is 61.5 Å². The van der Waals surface area contributed by atoms with E-state index in [4.69, 9.17) is 39.9 Å². The number of nitrogens with two attached hydrogens (primary N) is 2. The zero-order chi connectivity index (χ0) is 74.0. The molecule has 3 aromatic rings. The van der Waals surface area contributed by atoms with Crippen LogP contribution in [-0.4, -0.2) is 330 Å². The number of rotatable bonds is 21. The van der Waals surface area contributed by atoms with Crippen LogP contribution in [0.15, 0.2) is 90.1 Å². The Morgan fingerprint density at radius 3 is 1.92 bits per heavy atom. The van der Waals surface area contributed by atoms with Crippen LogP contribution in [0.3, 0.4) is 0 Å². The number of nitrogens with zero attached hydrogens (tertiary/aromatic N) is 3. The Labute approximate surface area is 582 Å². The molecular formula is C64H91N13O25+2. The van der Waals surface area contributed by atoms with Crippen LogP contribution in [0.1, 0.15) is 29.5 Å². The summed E-state index contributed by atoms with van der Waals surface area (Å²) in [6.45, 7) is -3.54. The molecule has 3 aromatic carbocycles. The lowest BCUT2D eigenvalue weighted by atomic mass is 9.92. The van der Waals surface area contributed by atoms with E-state index in [-0.39, 0.29) is 29.8 Å². The molecule has 0 spiro atoms. The van der Waals surface area contributed by atoms with Crippen molar-refractivity contribution < 1.29 is 139 Å². The van der Waals surface area contributed by atoms with Gasteiger partial charge in [-0.05, 0) is 47.0 Å². The zero-order valence-corrected chi connectivity index (χ0v) is 55.5. The van der Waals surface area contributed by atoms with E-state index >= 15 is 9.59 Å². The van der Waals surface area contributed by atoms with Gasteiger partial charge in [-0.3, -0.25) is 51.3 Å². The lowest BCUT2D eigenvalue weighted by molar-refractivity contribution is -0.663. The molecule has 4 amide bonds. The SMILES string of the molecule is C[C@H](c1ccccc1)[C@H]1N=C([O-])C[NH+]=C(O)C(CO)NC(=O)[C@@H]([C@H](O)[C@@H]2CNC(N)=[N+]2[C@@H]2O[C@@H](CO)[C@H](O)[C@H](O)[C@@H]2O)NC(=O)[C@H]([C@H](O)[C@@H]2C[NH+]=C(N)N2)NC(=O)[C@@H](Cc2ccc(O[C@@H]3O[C@H](CO)[C@H](O[C@@H]4O[C@@H](CO)[C@H](O/C=C/c5ccc(N(C)C)cc5)[C@H](O)[C@@H]4O)[C@@H](O)[C@H]3O)cc2)NC1=O. The van der Waals surface area contributed by atoms with Crippen molar-refractivity contribution in [3.05, 3.63) is 102 Å². The molecule has 1 unspecified atom stereocenters. The van der Waals surface area contributed by atoms with Gasteiger partial charge in [0.1, 0.15) is 128 Å². The molecule has 9 rings (SSSR count). The fraction of sp³-hybridized carbons (Fsp3) is 0.562. The van der Waals surface area contributed by atoms with Crippen molar-refractivity contribution in [2.75, 3.05) is 65.1 Å². The van der Waals surface area contributed by atoms with E-state index in [9.17, 15) is 86.2 Å². The normalized spacial score (nSPS) is 34.8. The van der Waals surface area contributed by atoms with Crippen LogP contribution in [-0.2, 0) is 49.3 Å². The van der Waals surface area contributed by atoms with Gasteiger partial charge in [0.2, 0.25) is 36.1 Å². The summed E-state index contributed by atoms with van der Waals surface area (Å²) in [6, 6.07) is 8.47. The Morgan fingerprint density at radius 1 is 0.676 bits per heavy atom. The number of benzene rings is 3. The molecule has 0 radical (unpaired) electrons. The lowest BCUT2D eigenvalue weighted by Gasteiger charge is -2.46. The summed E-state index contributed by atoms with van der Waals surface area (Å²) >= 11 is 0. The predicted molar refractivity (Wildman–Crippen MR) is 349 cm³/mol. The summed E-state index contributed by atoms with van der Waals surface area (Å²) in [4.78, 5) is 71.1. The van der Waals surface area contributed by atoms with Crippen LogP contribution in [0.5, 0.6) is 5.75 Å². The average Bonchev–Trinajstić information content (AvgIpc) is 1.43. The number of anilines is 1. The highest BCUT2D eigenvalue weighted by atomic mass is 16.7. The molecule has 38 nitrogen and oxygen atoms in total. The van der Waals surface area contributed by atoms with E-state index in [2.05, 4.69) is 46.9 Å². The maximum Gasteiger partial charge on any atom is 0.358 e. The Bertz CT molecular complexity index is 3490. The Balaban J connectivity index is 0.980. The van der Waals surface area contributed by atoms with Crippen LogP contribution < -0.4 is 68.1 Å². The molecule has 6 heterocycles. The number of aliphatic imine (C=N–C) groups is 1. The van der Waals surface area contributed by atoms with Gasteiger partial charge in [0.25, 0.3) is 0 Å². The monoisotopic (exact) mass is 1440 g/mol. The Morgan fingerprint density at radius 2 is 1.28 bits per heavy atom. The fourth-order valence-electron chi connectivity index (χ4n) is 12.5. The molecule has 3 saturated heterocycles. The van der Waals surface area contributed by atoms with Gasteiger partial charge in [-0.25, -0.2) is 9.57 Å². The molecule has 0 saturated carbocycles. The van der Waals surface area contributed by atoms with Crippen LogP contribution in [0.4, 0.5) is 5.69 Å². The van der Waals surface area contributed by atoms with Crippen LogP contribution in [0.2, 0.25) is 0 Å². The quantitative estimate of drug-likeness (QED) is 0.0348. The number of carbonyl (C=O) groups excluding carboxylic acids is 4. The number of hydrogen-bond acceptors (Lipinski definition) is 30. The summed E-state index contributed by atoms with van der Waals surface area (Å²) < 4.78 is 35.9. The first-order valence-electron chi connectivity index (χ1n) is 32.8. The molecule has 0 aliphatic carbocycles. The van der Waals surface area contributed by atoms with Crippen molar-refractivity contribution in [3.8, 4) is 5.75 Å². The van der Waals surface area contributed by atoms with Crippen LogP contribution in [0, 0.1) is 0 Å². The number of aliphatic hydroxyl groups excluding tert-OH is 14. The molecule has 6 aliphatic heterocycles. The Hall–Kier alpha value is -8.52. The summed E-state index contributed by atoms with van der Waals surface area (Å²) in [5.74, 6) is -8.53. The van der Waals surface area contributed by atoms with Crippen molar-refractivity contribution in [2.45, 2.75) is 166 Å². The van der Waals surface area contributed by atoms with Crippen LogP contribution in [0.25, 0.3) is 6.08 Å². The molecule has 0 aromatic heterocycles. The highest BCUT2D eigenvalue weighted by Gasteiger charge is 2.55. The fourth-order valence-corrected chi connectivity index (χ4v) is 12.5. The van der Waals surface area contributed by atoms with Crippen molar-refractivity contribution in [1.82, 2.24) is 31.9 Å². The highest BCUT2D eigenvalue weighted by molar-refractivity contribution is 5.97. The second-order valence-electron chi connectivity index (χ2n) is 25.5. The topological polar surface area (TPSA) is 601 Å². The highest BCUT2D eigenvalue weighted by Crippen LogP contribution is 2.33. The third-order valence-electron chi connectivity index (χ3n) is 18.5. The van der Waals surface area contributed by atoms with Crippen LogP contribution >= 0.6 is 0 Å². The van der Waals surface area contributed by atoms with Gasteiger partial charge in [0, 0.05) is 38.0 Å². The maximum absolute atomic E-state index is 15.2. The first-order valence-corrected chi connectivity index (χ1v) is 32.8. The van der Waals surface area contributed by atoms with Crippen molar-refractivity contribution in [2.24, 2.45) is 16.5 Å². The van der Waals surface area contributed by atoms with Gasteiger partial charge in [0.05, 0.1) is 39.2 Å². The van der Waals surface area contributed by atoms with Crippen molar-refractivity contribution >= 4 is 59.1 Å². The number of guanidine groups is 2. The minimum atomic E-state index is -2.30. The molecule has 102 heavy (non-hydrogen) atoms. The number of amides is 4. The minimum Gasteiger partial charge on any atom is -0.858 e. The summed E-state index contributed by atoms with van der Waals surface area (Å²) in [7, 11) is 3.77. The molecule has 38 heteroatoms. The maximum atomic E-state index is 15.2. The van der Waals surface area contributed by atoms with Crippen molar-refractivity contribution in [3.63, 3.8) is 0 Å². The molecule has 560 valence electrons. The predicted octanol–water partition coefficient (Wildman–Crippen LogP) is -14.9. The number of carbonyl (C=O) groups is 4. The third-order valence-corrected chi connectivity index (χ3v) is 18.5. The summed E-state index contributed by atoms with van der Waals surface area (Å²) in [5, 5.41) is 184. The first kappa shape index (κ1) is 77.6. The summed E-state index contributed by atoms with van der Waals surface area (Å²) in [5.41, 5.74) is 14.7. The molecule has 0 bridgehead atoms.